The molecule has 49 heavy (non-hydrogen) atoms. The number of fused-ring (bicyclic) bond motifs is 3. The number of ketones is 1. The zero-order valence-electron chi connectivity index (χ0n) is 28.1. The Bertz CT molecular complexity index is 1900. The van der Waals surface area contributed by atoms with Crippen LogP contribution in [0, 0.1) is 29.1 Å². The van der Waals surface area contributed by atoms with Gasteiger partial charge < -0.3 is 25.8 Å². The second-order valence-corrected chi connectivity index (χ2v) is 15.8. The third-order valence-corrected chi connectivity index (χ3v) is 11.7. The average molecular weight is 683 g/mol. The number of nitrogens with zero attached hydrogens (tertiary/aromatic N) is 2. The van der Waals surface area contributed by atoms with E-state index in [0.717, 1.165) is 15.6 Å². The lowest BCUT2D eigenvalue weighted by molar-refractivity contribution is -0.142. The summed E-state index contributed by atoms with van der Waals surface area (Å²) in [5.41, 5.74) is 1.70. The molecule has 2 aliphatic heterocycles. The fourth-order valence-corrected chi connectivity index (χ4v) is 8.87. The number of aromatic nitrogens is 2. The van der Waals surface area contributed by atoms with Gasteiger partial charge in [-0.05, 0) is 66.7 Å². The van der Waals surface area contributed by atoms with Crippen LogP contribution in [0.1, 0.15) is 67.2 Å². The molecule has 256 valence electrons. The molecule has 3 fully saturated rings. The number of likely N-dealkylation sites (tertiary alicyclic amines) is 1. The summed E-state index contributed by atoms with van der Waals surface area (Å²) in [7, 11) is 0. The van der Waals surface area contributed by atoms with Crippen LogP contribution >= 0.6 is 11.3 Å². The summed E-state index contributed by atoms with van der Waals surface area (Å²) >= 11 is 1.26. The number of hydrogen-bond donors (Lipinski definition) is 4. The van der Waals surface area contributed by atoms with Crippen LogP contribution < -0.4 is 16.0 Å². The van der Waals surface area contributed by atoms with E-state index in [9.17, 15) is 24.0 Å². The molecule has 4 amide bonds. The fraction of sp³-hybridized carbons (Fsp3) is 0.459. The zero-order chi connectivity index (χ0) is 34.6. The lowest BCUT2D eigenvalue weighted by atomic mass is 9.94. The van der Waals surface area contributed by atoms with Gasteiger partial charge in [0.05, 0.1) is 16.3 Å². The Labute approximate surface area is 288 Å². The maximum Gasteiger partial charge on any atom is 0.268 e. The molecular formula is C37H42N6O5S. The van der Waals surface area contributed by atoms with E-state index < -0.39 is 35.9 Å². The average Bonchev–Trinajstić information content (AvgIpc) is 3.72. The van der Waals surface area contributed by atoms with Crippen LogP contribution in [0.25, 0.3) is 21.1 Å². The molecule has 3 aliphatic rings. The summed E-state index contributed by atoms with van der Waals surface area (Å²) in [6, 6.07) is 14.1. The third-order valence-electron chi connectivity index (χ3n) is 10.7. The molecule has 7 rings (SSSR count). The predicted molar refractivity (Wildman–Crippen MR) is 187 cm³/mol. The summed E-state index contributed by atoms with van der Waals surface area (Å²) in [6.07, 6.45) is 1.10. The quantitative estimate of drug-likeness (QED) is 0.173. The number of thiazole rings is 1. The molecule has 0 bridgehead atoms. The highest BCUT2D eigenvalue weighted by atomic mass is 32.1. The number of H-pyrrole nitrogens is 1. The number of aromatic amines is 1. The topological polar surface area (TPSA) is 153 Å². The van der Waals surface area contributed by atoms with Gasteiger partial charge in [-0.2, -0.15) is 0 Å². The Hall–Kier alpha value is -4.58. The molecule has 2 saturated heterocycles. The Balaban J connectivity index is 1.14. The first kappa shape index (κ1) is 32.9. The van der Waals surface area contributed by atoms with Gasteiger partial charge in [-0.15, -0.1) is 11.3 Å². The van der Waals surface area contributed by atoms with Crippen molar-refractivity contribution in [3.63, 3.8) is 0 Å². The van der Waals surface area contributed by atoms with Crippen LogP contribution in [0.3, 0.4) is 0 Å². The lowest BCUT2D eigenvalue weighted by Crippen LogP contribution is -2.58. The molecule has 1 saturated carbocycles. The molecule has 4 aromatic rings. The summed E-state index contributed by atoms with van der Waals surface area (Å²) in [5.74, 6) is -1.95. The van der Waals surface area contributed by atoms with Crippen LogP contribution in [0.2, 0.25) is 0 Å². The number of para-hydroxylation sites is 2. The maximum absolute atomic E-state index is 14.4. The molecule has 4 N–H and O–H groups in total. The molecule has 12 heteroatoms. The van der Waals surface area contributed by atoms with Crippen LogP contribution in [0.5, 0.6) is 0 Å². The van der Waals surface area contributed by atoms with Gasteiger partial charge in [-0.3, -0.25) is 24.0 Å². The summed E-state index contributed by atoms with van der Waals surface area (Å²) in [4.78, 5) is 78.1. The molecule has 2 aromatic carbocycles. The number of Topliss-reactive ketones (excluding diaryl/α,β-unsaturated/α-hetero) is 1. The van der Waals surface area contributed by atoms with Crippen molar-refractivity contribution in [1.82, 2.24) is 30.8 Å². The van der Waals surface area contributed by atoms with E-state index in [1.807, 2.05) is 62.4 Å². The standard InChI is InChI=1S/C37H42N6O5S/c1-19(2)15-27(41-33(46)26-16-20-9-5-6-10-23(20)39-26)36(48)43-18-22-29(37(22,3)4)30(43)34(47)40-25(17-21-13-14-38-32(21)45)31(44)35-42-24-11-7-8-12-28(24)49-35/h5-12,16,19,21-22,25,27,29-30,39H,13-15,17-18H2,1-4H3,(H,38,45)(H,40,47)(H,41,46)/t21-,22-,25-,27-,29-,30-/m0/s1. The molecule has 4 heterocycles. The molecule has 0 radical (unpaired) electrons. The Kier molecular flexibility index (Phi) is 8.54. The minimum atomic E-state index is -0.993. The monoisotopic (exact) mass is 682 g/mol. The Morgan fingerprint density at radius 1 is 1.04 bits per heavy atom. The lowest BCUT2D eigenvalue weighted by Gasteiger charge is -2.34. The van der Waals surface area contributed by atoms with E-state index >= 15 is 0 Å². The molecule has 6 atom stereocenters. The van der Waals surface area contributed by atoms with Gasteiger partial charge in [0, 0.05) is 29.9 Å². The maximum atomic E-state index is 14.4. The number of carbonyl (C=O) groups excluding carboxylic acids is 5. The van der Waals surface area contributed by atoms with Gasteiger partial charge >= 0.3 is 0 Å². The smallest absolute Gasteiger partial charge is 0.268 e. The third kappa shape index (κ3) is 6.22. The normalized spacial score (nSPS) is 23.7. The predicted octanol–water partition coefficient (Wildman–Crippen LogP) is 4.30. The number of rotatable bonds is 11. The first-order valence-electron chi connectivity index (χ1n) is 17.1. The molecule has 2 aromatic heterocycles. The Morgan fingerprint density at radius 3 is 2.51 bits per heavy atom. The number of piperidine rings is 1. The van der Waals surface area contributed by atoms with Gasteiger partial charge in [0.2, 0.25) is 23.5 Å². The van der Waals surface area contributed by atoms with Gasteiger partial charge in [0.1, 0.15) is 17.8 Å². The van der Waals surface area contributed by atoms with E-state index in [1.54, 1.807) is 11.0 Å². The first-order chi connectivity index (χ1) is 23.4. The van der Waals surface area contributed by atoms with Crippen molar-refractivity contribution >= 4 is 61.9 Å². The first-order valence-corrected chi connectivity index (χ1v) is 17.9. The summed E-state index contributed by atoms with van der Waals surface area (Å²) in [5, 5.41) is 9.95. The van der Waals surface area contributed by atoms with Crippen molar-refractivity contribution in [2.24, 2.45) is 29.1 Å². The SMILES string of the molecule is CC(C)C[C@H](NC(=O)c1cc2ccccc2[nH]1)C(=O)N1C[C@H]2[C@@H]([C@H]1C(=O)N[C@@H](C[C@@H]1CCNC1=O)C(=O)c1nc3ccccc3s1)C2(C)C. The van der Waals surface area contributed by atoms with Crippen molar-refractivity contribution in [1.29, 1.82) is 0 Å². The van der Waals surface area contributed by atoms with E-state index in [-0.39, 0.29) is 52.2 Å². The number of carbonyl (C=O) groups is 5. The van der Waals surface area contributed by atoms with Crippen molar-refractivity contribution in [2.45, 2.75) is 65.1 Å². The Morgan fingerprint density at radius 2 is 1.80 bits per heavy atom. The number of hydrogen-bond acceptors (Lipinski definition) is 7. The van der Waals surface area contributed by atoms with E-state index in [4.69, 9.17) is 0 Å². The van der Waals surface area contributed by atoms with Crippen LogP contribution in [-0.4, -0.2) is 75.5 Å². The highest BCUT2D eigenvalue weighted by Crippen LogP contribution is 2.65. The van der Waals surface area contributed by atoms with Crippen molar-refractivity contribution < 1.29 is 24.0 Å². The largest absolute Gasteiger partial charge is 0.356 e. The van der Waals surface area contributed by atoms with Crippen LogP contribution in [0.15, 0.2) is 54.6 Å². The van der Waals surface area contributed by atoms with E-state index in [0.29, 0.717) is 37.1 Å². The van der Waals surface area contributed by atoms with Gasteiger partial charge in [0.15, 0.2) is 5.01 Å². The molecular weight excluding hydrogens is 641 g/mol. The molecule has 0 spiro atoms. The molecule has 0 unspecified atom stereocenters. The zero-order valence-corrected chi connectivity index (χ0v) is 28.9. The minimum Gasteiger partial charge on any atom is -0.356 e. The van der Waals surface area contributed by atoms with Gasteiger partial charge in [-0.1, -0.05) is 58.0 Å². The van der Waals surface area contributed by atoms with Crippen molar-refractivity contribution in [3.05, 3.63) is 65.3 Å². The summed E-state index contributed by atoms with van der Waals surface area (Å²) < 4.78 is 0.857. The van der Waals surface area contributed by atoms with E-state index in [2.05, 4.69) is 39.8 Å². The second-order valence-electron chi connectivity index (χ2n) is 14.7. The van der Waals surface area contributed by atoms with Crippen molar-refractivity contribution in [2.75, 3.05) is 13.1 Å². The number of amides is 4. The van der Waals surface area contributed by atoms with Gasteiger partial charge in [0.25, 0.3) is 5.91 Å². The van der Waals surface area contributed by atoms with E-state index in [1.165, 1.54) is 11.3 Å². The number of nitrogens with one attached hydrogen (secondary N) is 4. The van der Waals surface area contributed by atoms with Gasteiger partial charge in [-0.25, -0.2) is 4.98 Å². The highest BCUT2D eigenvalue weighted by Gasteiger charge is 2.69. The highest BCUT2D eigenvalue weighted by molar-refractivity contribution is 7.20. The molecule has 1 aliphatic carbocycles. The van der Waals surface area contributed by atoms with Crippen LogP contribution in [0.4, 0.5) is 0 Å². The van der Waals surface area contributed by atoms with Crippen LogP contribution in [-0.2, 0) is 14.4 Å². The van der Waals surface area contributed by atoms with Crippen molar-refractivity contribution in [3.8, 4) is 0 Å². The molecule has 11 nitrogen and oxygen atoms in total. The number of benzene rings is 2. The fourth-order valence-electron chi connectivity index (χ4n) is 7.91. The minimum absolute atomic E-state index is 0.0891. The second kappa shape index (κ2) is 12.7. The summed E-state index contributed by atoms with van der Waals surface area (Å²) in [6.45, 7) is 9.07.